The van der Waals surface area contributed by atoms with Crippen LogP contribution in [0.5, 0.6) is 0 Å². The molecule has 116 valence electrons. The van der Waals surface area contributed by atoms with Crippen LogP contribution in [0.1, 0.15) is 38.5 Å². The highest BCUT2D eigenvalue weighted by Gasteiger charge is 2.29. The first-order chi connectivity index (χ1) is 10.1. The number of nitrogens with one attached hydrogen (secondary N) is 2. The first-order valence-electron chi connectivity index (χ1n) is 7.47. The molecule has 2 atom stereocenters. The number of urea groups is 1. The first kappa shape index (κ1) is 15.6. The average Bonchev–Trinajstić information content (AvgIpc) is 2.99. The summed E-state index contributed by atoms with van der Waals surface area (Å²) < 4.78 is 5.49. The Labute approximate surface area is 124 Å². The van der Waals surface area contributed by atoms with Crippen LogP contribution in [0.25, 0.3) is 0 Å². The molecule has 2 amide bonds. The fourth-order valence-corrected chi connectivity index (χ4v) is 2.96. The Morgan fingerprint density at radius 1 is 1.24 bits per heavy atom. The molecule has 1 heterocycles. The van der Waals surface area contributed by atoms with E-state index >= 15 is 0 Å². The van der Waals surface area contributed by atoms with Gasteiger partial charge >= 0.3 is 12.0 Å². The summed E-state index contributed by atoms with van der Waals surface area (Å²) in [4.78, 5) is 22.8. The summed E-state index contributed by atoms with van der Waals surface area (Å²) in [5, 5.41) is 14.6. The standard InChI is InChI=1S/C15H22N2O4/c1-2-12(13-4-3-9-21-13)17-15(20)16-11-7-5-10(6-8-11)14(18)19/h1,10-13H,3-9H2,(H,18,19)(H2,16,17,20). The van der Waals surface area contributed by atoms with Gasteiger partial charge in [-0.3, -0.25) is 4.79 Å². The second-order valence-electron chi connectivity index (χ2n) is 5.70. The van der Waals surface area contributed by atoms with E-state index in [9.17, 15) is 9.59 Å². The number of carboxylic acid groups (broad SMARTS) is 1. The topological polar surface area (TPSA) is 87.7 Å². The van der Waals surface area contributed by atoms with Crippen LogP contribution in [0.3, 0.4) is 0 Å². The maximum absolute atomic E-state index is 12.0. The molecule has 21 heavy (non-hydrogen) atoms. The number of carboxylic acids is 1. The molecule has 0 bridgehead atoms. The molecule has 1 aliphatic carbocycles. The van der Waals surface area contributed by atoms with Gasteiger partial charge in [0.05, 0.1) is 12.0 Å². The summed E-state index contributed by atoms with van der Waals surface area (Å²) in [6.07, 6.45) is 9.74. The number of ether oxygens (including phenoxy) is 1. The quantitative estimate of drug-likeness (QED) is 0.678. The summed E-state index contributed by atoms with van der Waals surface area (Å²) in [7, 11) is 0. The summed E-state index contributed by atoms with van der Waals surface area (Å²) in [6.45, 7) is 0.686. The van der Waals surface area contributed by atoms with E-state index in [0.717, 1.165) is 12.8 Å². The minimum absolute atomic E-state index is 0.0171. The Morgan fingerprint density at radius 2 is 1.95 bits per heavy atom. The maximum Gasteiger partial charge on any atom is 0.316 e. The Morgan fingerprint density at radius 3 is 2.48 bits per heavy atom. The molecule has 3 N–H and O–H groups in total. The van der Waals surface area contributed by atoms with Gasteiger partial charge in [0.15, 0.2) is 0 Å². The molecular formula is C15H22N2O4. The van der Waals surface area contributed by atoms with Gasteiger partial charge < -0.3 is 20.5 Å². The lowest BCUT2D eigenvalue weighted by atomic mass is 9.86. The third kappa shape index (κ3) is 4.36. The van der Waals surface area contributed by atoms with Crippen molar-refractivity contribution in [1.29, 1.82) is 0 Å². The van der Waals surface area contributed by atoms with E-state index in [-0.39, 0.29) is 24.1 Å². The van der Waals surface area contributed by atoms with Crippen LogP contribution >= 0.6 is 0 Å². The molecule has 1 saturated heterocycles. The van der Waals surface area contributed by atoms with E-state index < -0.39 is 12.0 Å². The van der Waals surface area contributed by atoms with Crippen molar-refractivity contribution in [1.82, 2.24) is 10.6 Å². The second-order valence-corrected chi connectivity index (χ2v) is 5.70. The number of terminal acetylenes is 1. The molecular weight excluding hydrogens is 272 g/mol. The molecule has 2 fully saturated rings. The number of carbonyl (C=O) groups is 2. The van der Waals surface area contributed by atoms with Crippen molar-refractivity contribution in [2.45, 2.75) is 56.7 Å². The molecule has 2 aliphatic rings. The Bertz CT molecular complexity index is 418. The predicted octanol–water partition coefficient (Wildman–Crippen LogP) is 1.11. The largest absolute Gasteiger partial charge is 0.481 e. The van der Waals surface area contributed by atoms with Crippen LogP contribution in [-0.4, -0.2) is 41.9 Å². The number of rotatable bonds is 4. The second kappa shape index (κ2) is 7.32. The lowest BCUT2D eigenvalue weighted by Crippen LogP contribution is -2.50. The number of carbonyl (C=O) groups excluding carboxylic acids is 1. The molecule has 0 spiro atoms. The Balaban J connectivity index is 1.74. The molecule has 0 radical (unpaired) electrons. The number of hydrogen-bond donors (Lipinski definition) is 3. The molecule has 0 aromatic carbocycles. The van der Waals surface area contributed by atoms with Crippen LogP contribution in [0, 0.1) is 18.3 Å². The fourth-order valence-electron chi connectivity index (χ4n) is 2.96. The van der Waals surface area contributed by atoms with E-state index in [4.69, 9.17) is 16.3 Å². The van der Waals surface area contributed by atoms with Crippen molar-refractivity contribution in [3.63, 3.8) is 0 Å². The van der Waals surface area contributed by atoms with Crippen LogP contribution in [-0.2, 0) is 9.53 Å². The number of hydrogen-bond acceptors (Lipinski definition) is 3. The molecule has 0 aromatic rings. The number of aliphatic carboxylic acids is 1. The van der Waals surface area contributed by atoms with Gasteiger partial charge in [0.2, 0.25) is 0 Å². The SMILES string of the molecule is C#CC(NC(=O)NC1CCC(C(=O)O)CC1)C1CCCO1. The third-order valence-electron chi connectivity index (χ3n) is 4.21. The monoisotopic (exact) mass is 294 g/mol. The van der Waals surface area contributed by atoms with Gasteiger partial charge in [-0.2, -0.15) is 0 Å². The molecule has 6 heteroatoms. The highest BCUT2D eigenvalue weighted by atomic mass is 16.5. The molecule has 2 rings (SSSR count). The lowest BCUT2D eigenvalue weighted by molar-refractivity contribution is -0.142. The molecule has 1 saturated carbocycles. The zero-order valence-corrected chi connectivity index (χ0v) is 12.0. The van der Waals surface area contributed by atoms with Gasteiger partial charge in [0.1, 0.15) is 6.04 Å². The molecule has 0 aromatic heterocycles. The van der Waals surface area contributed by atoms with Crippen LogP contribution in [0.2, 0.25) is 0 Å². The molecule has 1 aliphatic heterocycles. The summed E-state index contributed by atoms with van der Waals surface area (Å²) in [5.74, 6) is 1.53. The highest BCUT2D eigenvalue weighted by Crippen LogP contribution is 2.24. The van der Waals surface area contributed by atoms with Gasteiger partial charge in [-0.1, -0.05) is 5.92 Å². The van der Waals surface area contributed by atoms with Crippen molar-refractivity contribution in [2.75, 3.05) is 6.61 Å². The smallest absolute Gasteiger partial charge is 0.316 e. The first-order valence-corrected chi connectivity index (χ1v) is 7.47. The zero-order chi connectivity index (χ0) is 15.2. The van der Waals surface area contributed by atoms with Crippen molar-refractivity contribution in [3.8, 4) is 12.3 Å². The van der Waals surface area contributed by atoms with E-state index in [1.54, 1.807) is 0 Å². The number of amides is 2. The van der Waals surface area contributed by atoms with Crippen LogP contribution < -0.4 is 10.6 Å². The summed E-state index contributed by atoms with van der Waals surface area (Å²) in [6, 6.07) is -0.696. The molecule has 2 unspecified atom stereocenters. The van der Waals surface area contributed by atoms with E-state index in [1.807, 2.05) is 0 Å². The van der Waals surface area contributed by atoms with Crippen molar-refractivity contribution >= 4 is 12.0 Å². The maximum atomic E-state index is 12.0. The third-order valence-corrected chi connectivity index (χ3v) is 4.21. The van der Waals surface area contributed by atoms with Crippen LogP contribution in [0.15, 0.2) is 0 Å². The Kier molecular flexibility index (Phi) is 5.45. The Hall–Kier alpha value is -1.74. The van der Waals surface area contributed by atoms with Gasteiger partial charge in [-0.05, 0) is 38.5 Å². The van der Waals surface area contributed by atoms with Gasteiger partial charge in [0, 0.05) is 12.6 Å². The minimum Gasteiger partial charge on any atom is -0.481 e. The van der Waals surface area contributed by atoms with Crippen molar-refractivity contribution in [3.05, 3.63) is 0 Å². The lowest BCUT2D eigenvalue weighted by Gasteiger charge is -2.28. The van der Waals surface area contributed by atoms with Gasteiger partial charge in [-0.15, -0.1) is 6.42 Å². The van der Waals surface area contributed by atoms with Crippen LogP contribution in [0.4, 0.5) is 4.79 Å². The van der Waals surface area contributed by atoms with Gasteiger partial charge in [-0.25, -0.2) is 4.79 Å². The van der Waals surface area contributed by atoms with E-state index in [0.29, 0.717) is 32.3 Å². The van der Waals surface area contributed by atoms with E-state index in [1.165, 1.54) is 0 Å². The molecule has 6 nitrogen and oxygen atoms in total. The van der Waals surface area contributed by atoms with Gasteiger partial charge in [0.25, 0.3) is 0 Å². The predicted molar refractivity (Wildman–Crippen MR) is 76.6 cm³/mol. The van der Waals surface area contributed by atoms with Crippen molar-refractivity contribution < 1.29 is 19.4 Å². The van der Waals surface area contributed by atoms with E-state index in [2.05, 4.69) is 16.6 Å². The highest BCUT2D eigenvalue weighted by molar-refractivity contribution is 5.75. The average molecular weight is 294 g/mol. The summed E-state index contributed by atoms with van der Waals surface area (Å²) in [5.41, 5.74) is 0. The normalized spacial score (nSPS) is 30.1. The van der Waals surface area contributed by atoms with Crippen molar-refractivity contribution in [2.24, 2.45) is 5.92 Å². The summed E-state index contributed by atoms with van der Waals surface area (Å²) >= 11 is 0. The fraction of sp³-hybridized carbons (Fsp3) is 0.733. The minimum atomic E-state index is -0.747. The zero-order valence-electron chi connectivity index (χ0n) is 12.0.